The molecule has 0 unspecified atom stereocenters. The maximum atomic E-state index is 12.9. The van der Waals surface area contributed by atoms with Crippen molar-refractivity contribution in [1.29, 1.82) is 5.26 Å². The normalized spacial score (nSPS) is 12.9. The minimum atomic E-state index is -0.867. The molecule has 0 aliphatic carbocycles. The molecule has 1 N–H and O–H groups in total. The standard InChI is InChI=1S/C22H34N2O3/c1-5-8-10-13-22(4,27-14-7-3)21(25)24-19-11-12-20(18(16-19)17-23)26-15-9-6-2/h11-12,16H,5-10,13-15H2,1-4H3,(H,24,25)/t22-/m1/s1. The van der Waals surface area contributed by atoms with E-state index in [2.05, 4.69) is 25.2 Å². The van der Waals surface area contributed by atoms with Crippen LogP contribution in [0.4, 0.5) is 5.69 Å². The van der Waals surface area contributed by atoms with E-state index in [1.807, 2.05) is 13.8 Å². The van der Waals surface area contributed by atoms with Crippen LogP contribution in [0.25, 0.3) is 0 Å². The second-order valence-corrected chi connectivity index (χ2v) is 7.02. The van der Waals surface area contributed by atoms with E-state index in [1.165, 1.54) is 0 Å². The van der Waals surface area contributed by atoms with Crippen LogP contribution in [0.15, 0.2) is 18.2 Å². The molecule has 1 amide bonds. The summed E-state index contributed by atoms with van der Waals surface area (Å²) in [4.78, 5) is 12.9. The van der Waals surface area contributed by atoms with E-state index < -0.39 is 5.60 Å². The third-order valence-corrected chi connectivity index (χ3v) is 4.48. The molecular weight excluding hydrogens is 340 g/mol. The second-order valence-electron chi connectivity index (χ2n) is 7.02. The first-order chi connectivity index (χ1) is 13.0. The van der Waals surface area contributed by atoms with Crippen molar-refractivity contribution in [3.05, 3.63) is 23.8 Å². The Morgan fingerprint density at radius 2 is 1.85 bits per heavy atom. The van der Waals surface area contributed by atoms with Gasteiger partial charge >= 0.3 is 0 Å². The van der Waals surface area contributed by atoms with Gasteiger partial charge in [-0.25, -0.2) is 0 Å². The van der Waals surface area contributed by atoms with Crippen molar-refractivity contribution in [2.75, 3.05) is 18.5 Å². The first-order valence-electron chi connectivity index (χ1n) is 10.1. The highest BCUT2D eigenvalue weighted by atomic mass is 16.5. The minimum absolute atomic E-state index is 0.171. The summed E-state index contributed by atoms with van der Waals surface area (Å²) in [6.07, 6.45) is 6.61. The molecule has 1 rings (SSSR count). The topological polar surface area (TPSA) is 71.3 Å². The number of nitrogens with one attached hydrogen (secondary N) is 1. The Bertz CT molecular complexity index is 624. The van der Waals surface area contributed by atoms with E-state index in [0.29, 0.717) is 36.6 Å². The fourth-order valence-electron chi connectivity index (χ4n) is 2.70. The largest absolute Gasteiger partial charge is 0.492 e. The Morgan fingerprint density at radius 3 is 2.48 bits per heavy atom. The molecule has 0 heterocycles. The molecule has 5 heteroatoms. The number of hydrogen-bond donors (Lipinski definition) is 1. The monoisotopic (exact) mass is 374 g/mol. The average Bonchev–Trinajstić information content (AvgIpc) is 2.67. The zero-order valence-corrected chi connectivity index (χ0v) is 17.3. The number of carbonyl (C=O) groups is 1. The van der Waals surface area contributed by atoms with Crippen LogP contribution < -0.4 is 10.1 Å². The fourth-order valence-corrected chi connectivity index (χ4v) is 2.70. The third kappa shape index (κ3) is 7.60. The Kier molecular flexibility index (Phi) is 10.5. The van der Waals surface area contributed by atoms with Crippen molar-refractivity contribution in [1.82, 2.24) is 0 Å². The lowest BCUT2D eigenvalue weighted by Gasteiger charge is -2.29. The van der Waals surface area contributed by atoms with E-state index in [1.54, 1.807) is 18.2 Å². The molecule has 0 saturated carbocycles. The van der Waals surface area contributed by atoms with Gasteiger partial charge in [-0.05, 0) is 44.4 Å². The van der Waals surface area contributed by atoms with Crippen LogP contribution in [0, 0.1) is 11.3 Å². The zero-order valence-electron chi connectivity index (χ0n) is 17.3. The summed E-state index contributed by atoms with van der Waals surface area (Å²) >= 11 is 0. The van der Waals surface area contributed by atoms with Crippen molar-refractivity contribution in [3.8, 4) is 11.8 Å². The quantitative estimate of drug-likeness (QED) is 0.467. The van der Waals surface area contributed by atoms with Crippen molar-refractivity contribution >= 4 is 11.6 Å². The number of carbonyl (C=O) groups excluding carboxylic acids is 1. The molecule has 1 atom stereocenters. The summed E-state index contributed by atoms with van der Waals surface area (Å²) in [5.74, 6) is 0.382. The maximum absolute atomic E-state index is 12.9. The van der Waals surface area contributed by atoms with Gasteiger partial charge in [-0.3, -0.25) is 4.79 Å². The molecule has 150 valence electrons. The molecule has 0 aliphatic heterocycles. The highest BCUT2D eigenvalue weighted by Gasteiger charge is 2.33. The molecule has 1 aromatic rings. The van der Waals surface area contributed by atoms with Crippen LogP contribution in [-0.2, 0) is 9.53 Å². The predicted molar refractivity (Wildman–Crippen MR) is 109 cm³/mol. The lowest BCUT2D eigenvalue weighted by molar-refractivity contribution is -0.140. The predicted octanol–water partition coefficient (Wildman–Crippen LogP) is 5.44. The molecule has 1 aromatic carbocycles. The van der Waals surface area contributed by atoms with E-state index in [9.17, 15) is 10.1 Å². The Hall–Kier alpha value is -2.06. The lowest BCUT2D eigenvalue weighted by atomic mass is 9.96. The summed E-state index contributed by atoms with van der Waals surface area (Å²) in [5.41, 5.74) is 0.140. The number of anilines is 1. The van der Waals surface area contributed by atoms with E-state index >= 15 is 0 Å². The number of hydrogen-bond acceptors (Lipinski definition) is 4. The van der Waals surface area contributed by atoms with Crippen LogP contribution in [0.1, 0.15) is 78.2 Å². The molecule has 0 bridgehead atoms. The lowest BCUT2D eigenvalue weighted by Crippen LogP contribution is -2.43. The van der Waals surface area contributed by atoms with Gasteiger partial charge < -0.3 is 14.8 Å². The van der Waals surface area contributed by atoms with Crippen LogP contribution >= 0.6 is 0 Å². The van der Waals surface area contributed by atoms with Gasteiger partial charge in [-0.15, -0.1) is 0 Å². The van der Waals surface area contributed by atoms with Gasteiger partial charge in [0.15, 0.2) is 0 Å². The van der Waals surface area contributed by atoms with E-state index in [0.717, 1.165) is 38.5 Å². The van der Waals surface area contributed by atoms with Gasteiger partial charge in [-0.2, -0.15) is 5.26 Å². The SMILES string of the molecule is CCCCC[C@@](C)(OCCC)C(=O)Nc1ccc(OCCCC)c(C#N)c1. The van der Waals surface area contributed by atoms with Crippen molar-refractivity contribution in [3.63, 3.8) is 0 Å². The summed E-state index contributed by atoms with van der Waals surface area (Å²) < 4.78 is 11.6. The molecule has 0 aromatic heterocycles. The molecule has 0 saturated heterocycles. The summed E-state index contributed by atoms with van der Waals surface area (Å²) in [5, 5.41) is 12.3. The van der Waals surface area contributed by atoms with Crippen LogP contribution in [-0.4, -0.2) is 24.7 Å². The van der Waals surface area contributed by atoms with Crippen molar-refractivity contribution in [2.45, 2.75) is 78.2 Å². The van der Waals surface area contributed by atoms with Gasteiger partial charge in [0.2, 0.25) is 0 Å². The number of unbranched alkanes of at least 4 members (excludes halogenated alkanes) is 3. The number of rotatable bonds is 13. The van der Waals surface area contributed by atoms with Gasteiger partial charge in [-0.1, -0.05) is 46.5 Å². The fraction of sp³-hybridized carbons (Fsp3) is 0.636. The highest BCUT2D eigenvalue weighted by molar-refractivity contribution is 5.97. The summed E-state index contributed by atoms with van der Waals surface area (Å²) in [7, 11) is 0. The molecular formula is C22H34N2O3. The van der Waals surface area contributed by atoms with Crippen molar-refractivity contribution < 1.29 is 14.3 Å². The number of nitriles is 1. The molecule has 0 spiro atoms. The van der Waals surface area contributed by atoms with E-state index in [-0.39, 0.29) is 5.91 Å². The number of amides is 1. The highest BCUT2D eigenvalue weighted by Crippen LogP contribution is 2.26. The van der Waals surface area contributed by atoms with Gasteiger partial charge in [0.1, 0.15) is 17.4 Å². The van der Waals surface area contributed by atoms with Crippen LogP contribution in [0.3, 0.4) is 0 Å². The summed E-state index contributed by atoms with van der Waals surface area (Å²) in [6, 6.07) is 7.31. The van der Waals surface area contributed by atoms with Crippen LogP contribution in [0.5, 0.6) is 5.75 Å². The first kappa shape index (κ1) is 23.0. The molecule has 0 fully saturated rings. The molecule has 27 heavy (non-hydrogen) atoms. The van der Waals surface area contributed by atoms with E-state index in [4.69, 9.17) is 9.47 Å². The number of ether oxygens (including phenoxy) is 2. The van der Waals surface area contributed by atoms with Gasteiger partial charge in [0.05, 0.1) is 12.2 Å². The van der Waals surface area contributed by atoms with Crippen molar-refractivity contribution in [2.24, 2.45) is 0 Å². The second kappa shape index (κ2) is 12.3. The number of nitrogens with zero attached hydrogens (tertiary/aromatic N) is 1. The summed E-state index contributed by atoms with van der Waals surface area (Å²) in [6.45, 7) is 9.23. The van der Waals surface area contributed by atoms with Gasteiger partial charge in [0.25, 0.3) is 5.91 Å². The Morgan fingerprint density at radius 1 is 1.11 bits per heavy atom. The zero-order chi connectivity index (χ0) is 20.1. The van der Waals surface area contributed by atoms with Crippen LogP contribution in [0.2, 0.25) is 0 Å². The average molecular weight is 375 g/mol. The Labute approximate surface area is 164 Å². The molecule has 0 radical (unpaired) electrons. The van der Waals surface area contributed by atoms with Gasteiger partial charge in [0, 0.05) is 12.3 Å². The first-order valence-corrected chi connectivity index (χ1v) is 10.1. The maximum Gasteiger partial charge on any atom is 0.256 e. The molecule has 5 nitrogen and oxygen atoms in total. The third-order valence-electron chi connectivity index (χ3n) is 4.48. The Balaban J connectivity index is 2.86. The smallest absolute Gasteiger partial charge is 0.256 e. The molecule has 0 aliphatic rings. The number of benzene rings is 1. The minimum Gasteiger partial charge on any atom is -0.492 e.